The topological polar surface area (TPSA) is 99.3 Å². The Hall–Kier alpha value is -3.03. The number of hydrogen-bond acceptors (Lipinski definition) is 4. The molecule has 0 radical (unpaired) electrons. The van der Waals surface area contributed by atoms with Gasteiger partial charge in [-0.15, -0.1) is 0 Å². The molecular formula is C14H10F2N2O4. The Bertz CT molecular complexity index is 802. The molecule has 3 N–H and O–H groups in total. The number of aromatic amines is 1. The van der Waals surface area contributed by atoms with Crippen LogP contribution in [0.25, 0.3) is 0 Å². The number of nitrogens with one attached hydrogen (secondary N) is 2. The van der Waals surface area contributed by atoms with E-state index in [9.17, 15) is 28.3 Å². The van der Waals surface area contributed by atoms with E-state index in [1.54, 1.807) is 0 Å². The third kappa shape index (κ3) is 3.00. The van der Waals surface area contributed by atoms with Crippen LogP contribution >= 0.6 is 0 Å². The molecule has 0 bridgehead atoms. The van der Waals surface area contributed by atoms with Gasteiger partial charge in [-0.2, -0.15) is 0 Å². The summed E-state index contributed by atoms with van der Waals surface area (Å²) in [5.41, 5.74) is -1.80. The second-order valence-corrected chi connectivity index (χ2v) is 4.33. The second kappa shape index (κ2) is 6.17. The Morgan fingerprint density at radius 2 is 2.09 bits per heavy atom. The van der Waals surface area contributed by atoms with Crippen LogP contribution in [-0.4, -0.2) is 22.3 Å². The van der Waals surface area contributed by atoms with E-state index in [1.165, 1.54) is 0 Å². The number of halogens is 2. The van der Waals surface area contributed by atoms with Crippen molar-refractivity contribution in [1.82, 2.24) is 10.3 Å². The van der Waals surface area contributed by atoms with Crippen LogP contribution < -0.4 is 10.7 Å². The molecular weight excluding hydrogens is 298 g/mol. The molecule has 0 aliphatic rings. The van der Waals surface area contributed by atoms with E-state index in [2.05, 4.69) is 10.3 Å². The summed E-state index contributed by atoms with van der Waals surface area (Å²) in [6.07, 6.45) is 1.19. The van der Waals surface area contributed by atoms with Gasteiger partial charge in [0.15, 0.2) is 12.0 Å². The minimum Gasteiger partial charge on any atom is -0.503 e. The highest BCUT2D eigenvalue weighted by atomic mass is 19.1. The molecule has 6 nitrogen and oxygen atoms in total. The monoisotopic (exact) mass is 308 g/mol. The summed E-state index contributed by atoms with van der Waals surface area (Å²) in [4.78, 5) is 36.4. The molecule has 0 saturated heterocycles. The van der Waals surface area contributed by atoms with Gasteiger partial charge in [-0.1, -0.05) is 6.07 Å². The van der Waals surface area contributed by atoms with Gasteiger partial charge in [-0.3, -0.25) is 14.4 Å². The Kier molecular flexibility index (Phi) is 4.31. The fourth-order valence-electron chi connectivity index (χ4n) is 1.73. The summed E-state index contributed by atoms with van der Waals surface area (Å²) in [6, 6.07) is 2.85. The van der Waals surface area contributed by atoms with Crippen LogP contribution in [0, 0.1) is 11.6 Å². The van der Waals surface area contributed by atoms with Gasteiger partial charge in [0.05, 0.1) is 0 Å². The molecule has 1 amide bonds. The van der Waals surface area contributed by atoms with Crippen molar-refractivity contribution in [3.63, 3.8) is 0 Å². The minimum absolute atomic E-state index is 0.0277. The van der Waals surface area contributed by atoms with Gasteiger partial charge in [0.1, 0.15) is 22.9 Å². The number of pyridine rings is 1. The van der Waals surface area contributed by atoms with Crippen LogP contribution in [0.1, 0.15) is 26.4 Å². The van der Waals surface area contributed by atoms with E-state index in [0.29, 0.717) is 6.07 Å². The number of benzene rings is 1. The average molecular weight is 308 g/mol. The van der Waals surface area contributed by atoms with Crippen molar-refractivity contribution in [2.45, 2.75) is 6.54 Å². The van der Waals surface area contributed by atoms with Crippen molar-refractivity contribution in [3.05, 3.63) is 63.1 Å². The standard InChI is InChI=1S/C14H10F2N2O4/c15-8-2-1-7(10(16)3-8)4-18-14(22)9-5-17-11(6-19)13(21)12(9)20/h1-3,5-6,21H,4H2,(H,17,20)(H,18,22). The number of amides is 1. The molecule has 2 aromatic rings. The Morgan fingerprint density at radius 3 is 2.73 bits per heavy atom. The molecule has 0 spiro atoms. The van der Waals surface area contributed by atoms with E-state index >= 15 is 0 Å². The van der Waals surface area contributed by atoms with Gasteiger partial charge in [-0.25, -0.2) is 8.78 Å². The minimum atomic E-state index is -1.03. The number of carbonyl (C=O) groups is 2. The van der Waals surface area contributed by atoms with Gasteiger partial charge < -0.3 is 15.4 Å². The first-order valence-electron chi connectivity index (χ1n) is 6.06. The predicted molar refractivity (Wildman–Crippen MR) is 71.6 cm³/mol. The average Bonchev–Trinajstić information content (AvgIpc) is 2.48. The van der Waals surface area contributed by atoms with Crippen molar-refractivity contribution < 1.29 is 23.5 Å². The normalized spacial score (nSPS) is 10.3. The predicted octanol–water partition coefficient (Wildman–Crippen LogP) is 1.10. The molecule has 2 rings (SSSR count). The lowest BCUT2D eigenvalue weighted by atomic mass is 10.2. The largest absolute Gasteiger partial charge is 0.503 e. The number of hydrogen-bond donors (Lipinski definition) is 3. The van der Waals surface area contributed by atoms with Crippen LogP contribution in [0.2, 0.25) is 0 Å². The number of H-pyrrole nitrogens is 1. The maximum absolute atomic E-state index is 13.4. The molecule has 0 saturated carbocycles. The van der Waals surface area contributed by atoms with E-state index in [-0.39, 0.29) is 24.1 Å². The van der Waals surface area contributed by atoms with Crippen molar-refractivity contribution in [3.8, 4) is 5.75 Å². The van der Waals surface area contributed by atoms with E-state index < -0.39 is 34.3 Å². The summed E-state index contributed by atoms with van der Waals surface area (Å²) in [7, 11) is 0. The highest BCUT2D eigenvalue weighted by molar-refractivity contribution is 5.94. The highest BCUT2D eigenvalue weighted by Gasteiger charge is 2.16. The second-order valence-electron chi connectivity index (χ2n) is 4.33. The lowest BCUT2D eigenvalue weighted by Crippen LogP contribution is -2.29. The first-order chi connectivity index (χ1) is 10.4. The molecule has 0 atom stereocenters. The van der Waals surface area contributed by atoms with Crippen LogP contribution in [-0.2, 0) is 6.54 Å². The maximum atomic E-state index is 13.4. The van der Waals surface area contributed by atoms with Crippen molar-refractivity contribution in [2.24, 2.45) is 0 Å². The molecule has 0 aliphatic heterocycles. The summed E-state index contributed by atoms with van der Waals surface area (Å²) in [5.74, 6) is -3.35. The molecule has 8 heteroatoms. The summed E-state index contributed by atoms with van der Waals surface area (Å²) >= 11 is 0. The van der Waals surface area contributed by atoms with Gasteiger partial charge in [-0.05, 0) is 6.07 Å². The van der Waals surface area contributed by atoms with Gasteiger partial charge in [0.25, 0.3) is 5.91 Å². The van der Waals surface area contributed by atoms with Crippen LogP contribution in [0.5, 0.6) is 5.75 Å². The molecule has 0 unspecified atom stereocenters. The zero-order valence-electron chi connectivity index (χ0n) is 11.0. The van der Waals surface area contributed by atoms with Gasteiger partial charge >= 0.3 is 0 Å². The molecule has 1 aromatic carbocycles. The number of rotatable bonds is 4. The molecule has 0 fully saturated rings. The quantitative estimate of drug-likeness (QED) is 0.736. The van der Waals surface area contributed by atoms with E-state index in [1.807, 2.05) is 0 Å². The SMILES string of the molecule is O=Cc1[nH]cc(C(=O)NCc2ccc(F)cc2F)c(=O)c1O. The molecule has 1 heterocycles. The number of carbonyl (C=O) groups excluding carboxylic acids is 2. The fraction of sp³-hybridized carbons (Fsp3) is 0.0714. The van der Waals surface area contributed by atoms with Gasteiger partial charge in [0.2, 0.25) is 5.43 Å². The van der Waals surface area contributed by atoms with Gasteiger partial charge in [0, 0.05) is 24.4 Å². The number of aldehydes is 1. The maximum Gasteiger partial charge on any atom is 0.257 e. The van der Waals surface area contributed by atoms with Crippen LogP contribution in [0.4, 0.5) is 8.78 Å². The summed E-state index contributed by atoms with van der Waals surface area (Å²) in [6.45, 7) is -0.277. The van der Waals surface area contributed by atoms with Crippen LogP contribution in [0.3, 0.4) is 0 Å². The summed E-state index contributed by atoms with van der Waals surface area (Å²) in [5, 5.41) is 11.7. The lowest BCUT2D eigenvalue weighted by molar-refractivity contribution is 0.0947. The van der Waals surface area contributed by atoms with Crippen molar-refractivity contribution in [2.75, 3.05) is 0 Å². The highest BCUT2D eigenvalue weighted by Crippen LogP contribution is 2.10. The summed E-state index contributed by atoms with van der Waals surface area (Å²) < 4.78 is 26.2. The third-order valence-electron chi connectivity index (χ3n) is 2.90. The third-order valence-corrected chi connectivity index (χ3v) is 2.90. The van der Waals surface area contributed by atoms with E-state index in [4.69, 9.17) is 0 Å². The Labute approximate surface area is 122 Å². The molecule has 114 valence electrons. The van der Waals surface area contributed by atoms with Crippen molar-refractivity contribution in [1.29, 1.82) is 0 Å². The molecule has 22 heavy (non-hydrogen) atoms. The van der Waals surface area contributed by atoms with Crippen molar-refractivity contribution >= 4 is 12.2 Å². The molecule has 1 aromatic heterocycles. The fourth-order valence-corrected chi connectivity index (χ4v) is 1.73. The first kappa shape index (κ1) is 15.4. The molecule has 0 aliphatic carbocycles. The zero-order chi connectivity index (χ0) is 16.3. The lowest BCUT2D eigenvalue weighted by Gasteiger charge is -2.07. The Balaban J connectivity index is 2.18. The number of aromatic nitrogens is 1. The first-order valence-corrected chi connectivity index (χ1v) is 6.06. The smallest absolute Gasteiger partial charge is 0.257 e. The van der Waals surface area contributed by atoms with Crippen LogP contribution in [0.15, 0.2) is 29.2 Å². The number of aromatic hydroxyl groups is 1. The Morgan fingerprint density at radius 1 is 1.36 bits per heavy atom. The van der Waals surface area contributed by atoms with E-state index in [0.717, 1.165) is 18.3 Å². The zero-order valence-corrected chi connectivity index (χ0v) is 11.0.